The van der Waals surface area contributed by atoms with Gasteiger partial charge in [0.15, 0.2) is 0 Å². The summed E-state index contributed by atoms with van der Waals surface area (Å²) >= 11 is 3.45. The molecule has 0 heterocycles. The number of nitrogens with two attached hydrogens (primary N) is 1. The number of hydrogen-bond donors (Lipinski definition) is 1. The first-order chi connectivity index (χ1) is 7.79. The Kier molecular flexibility index (Phi) is 5.02. The van der Waals surface area contributed by atoms with Crippen molar-refractivity contribution >= 4 is 15.9 Å². The van der Waals surface area contributed by atoms with Crippen molar-refractivity contribution < 1.29 is 4.74 Å². The van der Waals surface area contributed by atoms with Gasteiger partial charge in [0, 0.05) is 16.1 Å². The van der Waals surface area contributed by atoms with Crippen LogP contribution in [0, 0.1) is 5.41 Å². The van der Waals surface area contributed by atoms with Crippen LogP contribution in [-0.2, 0) is 0 Å². The first-order valence-corrected chi connectivity index (χ1v) is 6.77. The molecule has 1 aromatic rings. The van der Waals surface area contributed by atoms with Crippen molar-refractivity contribution in [2.24, 2.45) is 11.1 Å². The van der Waals surface area contributed by atoms with Crippen LogP contribution in [-0.4, -0.2) is 6.61 Å². The molecule has 1 atom stereocenters. The molecule has 2 nitrogen and oxygen atoms in total. The summed E-state index contributed by atoms with van der Waals surface area (Å²) in [5, 5.41) is 0. The Hall–Kier alpha value is -0.540. The van der Waals surface area contributed by atoms with Gasteiger partial charge in [-0.3, -0.25) is 0 Å². The highest BCUT2D eigenvalue weighted by Crippen LogP contribution is 2.28. The molecule has 3 heteroatoms. The minimum atomic E-state index is -0.0165. The van der Waals surface area contributed by atoms with Crippen molar-refractivity contribution in [1.29, 1.82) is 0 Å². The fourth-order valence-electron chi connectivity index (χ4n) is 1.47. The van der Waals surface area contributed by atoms with E-state index in [4.69, 9.17) is 10.5 Å². The average Bonchev–Trinajstić information content (AvgIpc) is 2.18. The summed E-state index contributed by atoms with van der Waals surface area (Å²) in [6.07, 6.45) is 1.03. The van der Waals surface area contributed by atoms with E-state index in [9.17, 15) is 0 Å². The van der Waals surface area contributed by atoms with Crippen molar-refractivity contribution in [1.82, 2.24) is 0 Å². The van der Waals surface area contributed by atoms with Gasteiger partial charge in [0.2, 0.25) is 0 Å². The second kappa shape index (κ2) is 5.87. The first-order valence-electron chi connectivity index (χ1n) is 5.97. The molecule has 1 rings (SSSR count). The maximum atomic E-state index is 5.94. The van der Waals surface area contributed by atoms with Gasteiger partial charge in [-0.2, -0.15) is 0 Å². The highest BCUT2D eigenvalue weighted by molar-refractivity contribution is 9.10. The minimum Gasteiger partial charge on any atom is -0.493 e. The topological polar surface area (TPSA) is 35.2 Å². The van der Waals surface area contributed by atoms with Crippen molar-refractivity contribution in [2.45, 2.75) is 40.2 Å². The molecule has 17 heavy (non-hydrogen) atoms. The van der Waals surface area contributed by atoms with Crippen molar-refractivity contribution in [3.63, 3.8) is 0 Å². The number of rotatable bonds is 4. The fraction of sp³-hybridized carbons (Fsp3) is 0.571. The van der Waals surface area contributed by atoms with E-state index >= 15 is 0 Å². The molecule has 0 fully saturated rings. The molecule has 96 valence electrons. The van der Waals surface area contributed by atoms with Crippen LogP contribution >= 0.6 is 15.9 Å². The van der Waals surface area contributed by atoms with E-state index < -0.39 is 0 Å². The number of benzene rings is 1. The van der Waals surface area contributed by atoms with Crippen molar-refractivity contribution in [3.8, 4) is 5.75 Å². The average molecular weight is 300 g/mol. The highest BCUT2D eigenvalue weighted by atomic mass is 79.9. The molecule has 0 radical (unpaired) electrons. The molecule has 0 aliphatic carbocycles. The number of halogens is 1. The molecule has 0 aromatic heterocycles. The zero-order valence-corrected chi connectivity index (χ0v) is 12.7. The van der Waals surface area contributed by atoms with Crippen molar-refractivity contribution in [2.75, 3.05) is 6.61 Å². The van der Waals surface area contributed by atoms with Gasteiger partial charge in [0.1, 0.15) is 5.75 Å². The predicted octanol–water partition coefficient (Wildman–Crippen LogP) is 4.28. The molecule has 1 aromatic carbocycles. The minimum absolute atomic E-state index is 0.0165. The van der Waals surface area contributed by atoms with E-state index in [1.165, 1.54) is 0 Å². The lowest BCUT2D eigenvalue weighted by atomic mass is 9.93. The van der Waals surface area contributed by atoms with E-state index in [2.05, 4.69) is 36.7 Å². The lowest BCUT2D eigenvalue weighted by molar-refractivity contribution is 0.240. The Labute approximate surface area is 113 Å². The van der Waals surface area contributed by atoms with Gasteiger partial charge in [-0.05, 0) is 37.0 Å². The fourth-order valence-corrected chi connectivity index (χ4v) is 1.85. The van der Waals surface area contributed by atoms with E-state index in [0.29, 0.717) is 5.41 Å². The maximum Gasteiger partial charge on any atom is 0.124 e. The number of ether oxygens (including phenoxy) is 1. The summed E-state index contributed by atoms with van der Waals surface area (Å²) in [5.74, 6) is 0.896. The Morgan fingerprint density at radius 1 is 1.35 bits per heavy atom. The van der Waals surface area contributed by atoms with E-state index in [0.717, 1.165) is 28.8 Å². The Morgan fingerprint density at radius 2 is 2.00 bits per heavy atom. The third-order valence-corrected chi connectivity index (χ3v) is 3.07. The number of hydrogen-bond acceptors (Lipinski definition) is 2. The Bertz CT molecular complexity index is 369. The largest absolute Gasteiger partial charge is 0.493 e. The van der Waals surface area contributed by atoms with Gasteiger partial charge in [0.25, 0.3) is 0 Å². The van der Waals surface area contributed by atoms with Crippen LogP contribution in [0.2, 0.25) is 0 Å². The molecule has 0 saturated heterocycles. The summed E-state index contributed by atoms with van der Waals surface area (Å²) < 4.78 is 6.86. The molecule has 0 spiro atoms. The van der Waals surface area contributed by atoms with E-state index in [1.54, 1.807) is 0 Å². The molecular formula is C14H22BrNO. The van der Waals surface area contributed by atoms with Crippen LogP contribution in [0.1, 0.15) is 45.7 Å². The monoisotopic (exact) mass is 299 g/mol. The second-order valence-corrected chi connectivity index (χ2v) is 6.55. The van der Waals surface area contributed by atoms with Crippen LogP contribution in [0.3, 0.4) is 0 Å². The smallest absolute Gasteiger partial charge is 0.124 e. The molecule has 0 bridgehead atoms. The van der Waals surface area contributed by atoms with Gasteiger partial charge >= 0.3 is 0 Å². The molecule has 1 unspecified atom stereocenters. The van der Waals surface area contributed by atoms with Crippen LogP contribution in [0.4, 0.5) is 0 Å². The van der Waals surface area contributed by atoms with Gasteiger partial charge < -0.3 is 10.5 Å². The summed E-state index contributed by atoms with van der Waals surface area (Å²) in [5.41, 5.74) is 7.28. The molecule has 0 aliphatic heterocycles. The quantitative estimate of drug-likeness (QED) is 0.900. The second-order valence-electron chi connectivity index (χ2n) is 5.63. The highest BCUT2D eigenvalue weighted by Gasteiger charge is 2.12. The van der Waals surface area contributed by atoms with Crippen LogP contribution in [0.5, 0.6) is 5.75 Å². The zero-order valence-electron chi connectivity index (χ0n) is 11.1. The van der Waals surface area contributed by atoms with E-state index in [-0.39, 0.29) is 6.04 Å². The summed E-state index contributed by atoms with van der Waals surface area (Å²) in [4.78, 5) is 0. The summed E-state index contributed by atoms with van der Waals surface area (Å²) in [6, 6.07) is 5.97. The molecule has 0 saturated carbocycles. The van der Waals surface area contributed by atoms with Crippen molar-refractivity contribution in [3.05, 3.63) is 28.2 Å². The molecular weight excluding hydrogens is 278 g/mol. The van der Waals surface area contributed by atoms with Gasteiger partial charge in [-0.15, -0.1) is 0 Å². The van der Waals surface area contributed by atoms with Gasteiger partial charge in [0.05, 0.1) is 6.61 Å². The zero-order chi connectivity index (χ0) is 13.1. The Balaban J connectivity index is 2.70. The Morgan fingerprint density at radius 3 is 2.53 bits per heavy atom. The van der Waals surface area contributed by atoms with Gasteiger partial charge in [-0.25, -0.2) is 0 Å². The standard InChI is InChI=1S/C14H22BrNO/c1-10(16)12-9-11(15)5-6-13(12)17-8-7-14(2,3)4/h5-6,9-10H,7-8,16H2,1-4H3. The summed E-state index contributed by atoms with van der Waals surface area (Å²) in [6.45, 7) is 9.34. The first kappa shape index (κ1) is 14.5. The van der Waals surface area contributed by atoms with Crippen LogP contribution in [0.25, 0.3) is 0 Å². The van der Waals surface area contributed by atoms with E-state index in [1.807, 2.05) is 25.1 Å². The third-order valence-electron chi connectivity index (χ3n) is 2.57. The lowest BCUT2D eigenvalue weighted by Crippen LogP contribution is -2.13. The van der Waals surface area contributed by atoms with Crippen LogP contribution < -0.4 is 10.5 Å². The molecule has 2 N–H and O–H groups in total. The third kappa shape index (κ3) is 5.09. The SMILES string of the molecule is CC(N)c1cc(Br)ccc1OCCC(C)(C)C. The van der Waals surface area contributed by atoms with Crippen LogP contribution in [0.15, 0.2) is 22.7 Å². The maximum absolute atomic E-state index is 5.94. The molecule has 0 aliphatic rings. The normalized spacial score (nSPS) is 13.5. The predicted molar refractivity (Wildman–Crippen MR) is 76.3 cm³/mol. The summed E-state index contributed by atoms with van der Waals surface area (Å²) in [7, 11) is 0. The molecule has 0 amide bonds. The lowest BCUT2D eigenvalue weighted by Gasteiger charge is -2.20. The van der Waals surface area contributed by atoms with Gasteiger partial charge in [-0.1, -0.05) is 36.7 Å².